The molecule has 2 aromatic rings. The number of hydrogen-bond acceptors (Lipinski definition) is 3. The zero-order chi connectivity index (χ0) is 14.0. The summed E-state index contributed by atoms with van der Waals surface area (Å²) in [5, 5.41) is 0.167. The lowest BCUT2D eigenvalue weighted by molar-refractivity contribution is 0.0459. The predicted molar refractivity (Wildman–Crippen MR) is 68.7 cm³/mol. The van der Waals surface area contributed by atoms with Crippen LogP contribution >= 0.6 is 23.2 Å². The van der Waals surface area contributed by atoms with Gasteiger partial charge in [0.2, 0.25) is 0 Å². The number of halogens is 3. The summed E-state index contributed by atoms with van der Waals surface area (Å²) in [6, 6.07) is 3.94. The highest BCUT2D eigenvalue weighted by Crippen LogP contribution is 2.21. The Bertz CT molecular complexity index is 628. The highest BCUT2D eigenvalue weighted by Gasteiger charge is 2.16. The number of carbonyl (C=O) groups excluding carboxylic acids is 1. The fourth-order valence-electron chi connectivity index (χ4n) is 1.43. The molecule has 1 aromatic carbocycles. The number of nitrogens with zero attached hydrogens (tertiary/aromatic N) is 2. The van der Waals surface area contributed by atoms with Crippen molar-refractivity contribution in [2.75, 3.05) is 0 Å². The third-order valence-electron chi connectivity index (χ3n) is 2.53. The first kappa shape index (κ1) is 13.8. The number of rotatable bonds is 3. The van der Waals surface area contributed by atoms with Crippen LogP contribution in [-0.4, -0.2) is 15.5 Å². The standard InChI is InChI=1S/C12H9Cl2FN2O2/c1-17-9(13)5-16-10(17)6-19-12(18)7-3-2-4-8(15)11(7)14/h2-5H,6H2,1H3. The summed E-state index contributed by atoms with van der Waals surface area (Å²) in [6.45, 7) is -0.0745. The summed E-state index contributed by atoms with van der Waals surface area (Å²) >= 11 is 11.5. The van der Waals surface area contributed by atoms with Gasteiger partial charge in [-0.2, -0.15) is 0 Å². The molecule has 1 heterocycles. The van der Waals surface area contributed by atoms with Crippen molar-refractivity contribution in [3.63, 3.8) is 0 Å². The molecule has 7 heteroatoms. The van der Waals surface area contributed by atoms with Gasteiger partial charge in [-0.25, -0.2) is 14.2 Å². The average Bonchev–Trinajstić information content (AvgIpc) is 2.70. The lowest BCUT2D eigenvalue weighted by Crippen LogP contribution is -2.09. The van der Waals surface area contributed by atoms with Crippen molar-refractivity contribution in [2.45, 2.75) is 6.61 Å². The number of hydrogen-bond donors (Lipinski definition) is 0. The van der Waals surface area contributed by atoms with Gasteiger partial charge in [-0.05, 0) is 12.1 Å². The minimum atomic E-state index is -0.719. The Morgan fingerprint density at radius 3 is 2.84 bits per heavy atom. The van der Waals surface area contributed by atoms with Crippen molar-refractivity contribution in [3.8, 4) is 0 Å². The first-order valence-electron chi connectivity index (χ1n) is 5.28. The maximum Gasteiger partial charge on any atom is 0.340 e. The fraction of sp³-hybridized carbons (Fsp3) is 0.167. The summed E-state index contributed by atoms with van der Waals surface area (Å²) in [5.41, 5.74) is -0.0260. The van der Waals surface area contributed by atoms with Crippen LogP contribution in [0.1, 0.15) is 16.2 Å². The topological polar surface area (TPSA) is 44.1 Å². The zero-order valence-corrected chi connectivity index (χ0v) is 11.4. The van der Waals surface area contributed by atoms with Crippen molar-refractivity contribution < 1.29 is 13.9 Å². The van der Waals surface area contributed by atoms with Crippen LogP contribution in [-0.2, 0) is 18.4 Å². The van der Waals surface area contributed by atoms with E-state index in [1.54, 1.807) is 11.6 Å². The number of aromatic nitrogens is 2. The molecule has 0 aliphatic carbocycles. The molecule has 0 aliphatic rings. The lowest BCUT2D eigenvalue weighted by atomic mass is 10.2. The van der Waals surface area contributed by atoms with E-state index in [0.29, 0.717) is 11.0 Å². The summed E-state index contributed by atoms with van der Waals surface area (Å²) in [4.78, 5) is 15.7. The molecule has 0 saturated carbocycles. The number of ether oxygens (including phenoxy) is 1. The van der Waals surface area contributed by atoms with E-state index in [1.807, 2.05) is 0 Å². The summed E-state index contributed by atoms with van der Waals surface area (Å²) in [5.74, 6) is -0.911. The molecule has 0 N–H and O–H groups in total. The first-order chi connectivity index (χ1) is 9.00. The smallest absolute Gasteiger partial charge is 0.340 e. The van der Waals surface area contributed by atoms with Crippen LogP contribution in [0, 0.1) is 5.82 Å². The van der Waals surface area contributed by atoms with Crippen LogP contribution < -0.4 is 0 Å². The molecular formula is C12H9Cl2FN2O2. The van der Waals surface area contributed by atoms with Gasteiger partial charge in [0.1, 0.15) is 23.4 Å². The highest BCUT2D eigenvalue weighted by molar-refractivity contribution is 6.33. The molecule has 0 spiro atoms. The van der Waals surface area contributed by atoms with Crippen LogP contribution in [0.5, 0.6) is 0 Å². The van der Waals surface area contributed by atoms with Crippen LogP contribution in [0.4, 0.5) is 4.39 Å². The van der Waals surface area contributed by atoms with E-state index in [9.17, 15) is 9.18 Å². The highest BCUT2D eigenvalue weighted by atomic mass is 35.5. The molecule has 1 aromatic heterocycles. The largest absolute Gasteiger partial charge is 0.454 e. The molecular weight excluding hydrogens is 294 g/mol. The molecule has 0 radical (unpaired) electrons. The Kier molecular flexibility index (Phi) is 4.07. The lowest BCUT2D eigenvalue weighted by Gasteiger charge is -2.07. The van der Waals surface area contributed by atoms with Crippen LogP contribution in [0.3, 0.4) is 0 Å². The Morgan fingerprint density at radius 2 is 2.21 bits per heavy atom. The Labute approximate surface area is 118 Å². The van der Waals surface area contributed by atoms with E-state index >= 15 is 0 Å². The monoisotopic (exact) mass is 302 g/mol. The Hall–Kier alpha value is -1.59. The molecule has 0 atom stereocenters. The molecule has 0 amide bonds. The van der Waals surface area contributed by atoms with Gasteiger partial charge in [-0.15, -0.1) is 0 Å². The van der Waals surface area contributed by atoms with Gasteiger partial charge >= 0.3 is 5.97 Å². The SMILES string of the molecule is Cn1c(Cl)cnc1COC(=O)c1cccc(F)c1Cl. The molecule has 2 rings (SSSR count). The Morgan fingerprint density at radius 1 is 1.47 bits per heavy atom. The molecule has 0 aliphatic heterocycles. The van der Waals surface area contributed by atoms with Gasteiger partial charge in [0, 0.05) is 7.05 Å². The van der Waals surface area contributed by atoms with Crippen molar-refractivity contribution in [1.29, 1.82) is 0 Å². The zero-order valence-electron chi connectivity index (χ0n) is 9.86. The number of carbonyl (C=O) groups is 1. The third kappa shape index (κ3) is 2.88. The number of benzene rings is 1. The molecule has 0 unspecified atom stereocenters. The Balaban J connectivity index is 2.10. The minimum absolute atomic E-state index is 0.0260. The van der Waals surface area contributed by atoms with Gasteiger partial charge < -0.3 is 9.30 Å². The van der Waals surface area contributed by atoms with Crippen LogP contribution in [0.15, 0.2) is 24.4 Å². The van der Waals surface area contributed by atoms with E-state index in [0.717, 1.165) is 6.07 Å². The van der Waals surface area contributed by atoms with Gasteiger partial charge in [0.25, 0.3) is 0 Å². The number of imidazole rings is 1. The third-order valence-corrected chi connectivity index (χ3v) is 3.27. The van der Waals surface area contributed by atoms with Gasteiger partial charge in [-0.1, -0.05) is 29.3 Å². The van der Waals surface area contributed by atoms with Crippen LogP contribution in [0.25, 0.3) is 0 Å². The normalized spacial score (nSPS) is 10.5. The summed E-state index contributed by atoms with van der Waals surface area (Å²) < 4.78 is 19.8. The van der Waals surface area contributed by atoms with E-state index in [-0.39, 0.29) is 17.2 Å². The molecule has 0 fully saturated rings. The second-order valence-corrected chi connectivity index (χ2v) is 4.50. The fourth-order valence-corrected chi connectivity index (χ4v) is 1.78. The molecule has 4 nitrogen and oxygen atoms in total. The van der Waals surface area contributed by atoms with E-state index in [4.69, 9.17) is 27.9 Å². The second kappa shape index (κ2) is 5.59. The van der Waals surface area contributed by atoms with Gasteiger partial charge in [-0.3, -0.25) is 0 Å². The van der Waals surface area contributed by atoms with E-state index < -0.39 is 11.8 Å². The van der Waals surface area contributed by atoms with Crippen molar-refractivity contribution in [2.24, 2.45) is 7.05 Å². The van der Waals surface area contributed by atoms with E-state index in [1.165, 1.54) is 18.3 Å². The predicted octanol–water partition coefficient (Wildman–Crippen LogP) is 3.22. The summed E-state index contributed by atoms with van der Waals surface area (Å²) in [7, 11) is 1.69. The van der Waals surface area contributed by atoms with Crippen LogP contribution in [0.2, 0.25) is 10.2 Å². The quantitative estimate of drug-likeness (QED) is 0.818. The molecule has 0 bridgehead atoms. The van der Waals surface area contributed by atoms with Gasteiger partial charge in [0.05, 0.1) is 16.8 Å². The van der Waals surface area contributed by atoms with Crippen molar-refractivity contribution >= 4 is 29.2 Å². The second-order valence-electron chi connectivity index (χ2n) is 3.73. The van der Waals surface area contributed by atoms with Crippen molar-refractivity contribution in [1.82, 2.24) is 9.55 Å². The molecule has 19 heavy (non-hydrogen) atoms. The van der Waals surface area contributed by atoms with Gasteiger partial charge in [0.15, 0.2) is 0 Å². The molecule has 0 saturated heterocycles. The van der Waals surface area contributed by atoms with E-state index in [2.05, 4.69) is 4.98 Å². The average molecular weight is 303 g/mol. The first-order valence-corrected chi connectivity index (χ1v) is 6.03. The number of esters is 1. The minimum Gasteiger partial charge on any atom is -0.454 e. The maximum atomic E-state index is 13.2. The van der Waals surface area contributed by atoms with Crippen molar-refractivity contribution in [3.05, 3.63) is 51.8 Å². The molecule has 100 valence electrons. The maximum absolute atomic E-state index is 13.2. The summed E-state index contributed by atoms with van der Waals surface area (Å²) in [6.07, 6.45) is 1.44.